The van der Waals surface area contributed by atoms with Crippen molar-refractivity contribution in [2.45, 2.75) is 26.4 Å². The number of hydrogen-bond acceptors (Lipinski definition) is 4. The third-order valence-electron chi connectivity index (χ3n) is 4.54. The molecular formula is C20H23N3O3. The second kappa shape index (κ2) is 8.47. The normalized spacial score (nSPS) is 14.7. The summed E-state index contributed by atoms with van der Waals surface area (Å²) < 4.78 is 5.76. The highest BCUT2D eigenvalue weighted by atomic mass is 16.5. The van der Waals surface area contributed by atoms with Crippen molar-refractivity contribution in [2.24, 2.45) is 5.92 Å². The molecule has 1 aromatic heterocycles. The second-order valence-electron chi connectivity index (χ2n) is 6.45. The van der Waals surface area contributed by atoms with Gasteiger partial charge in [0.2, 0.25) is 11.8 Å². The highest BCUT2D eigenvalue weighted by molar-refractivity contribution is 5.92. The Morgan fingerprint density at radius 1 is 1.23 bits per heavy atom. The summed E-state index contributed by atoms with van der Waals surface area (Å²) in [6.45, 7) is 3.27. The highest BCUT2D eigenvalue weighted by Crippen LogP contribution is 2.22. The van der Waals surface area contributed by atoms with Crippen LogP contribution in [0.2, 0.25) is 0 Å². The molecule has 6 heteroatoms. The van der Waals surface area contributed by atoms with Gasteiger partial charge in [0, 0.05) is 55.6 Å². The molecule has 1 aliphatic heterocycles. The summed E-state index contributed by atoms with van der Waals surface area (Å²) in [6, 6.07) is 11.2. The molecule has 0 atom stereocenters. The Morgan fingerprint density at radius 2 is 2.04 bits per heavy atom. The lowest BCUT2D eigenvalue weighted by atomic mass is 9.96. The number of carbonyl (C=O) groups is 2. The van der Waals surface area contributed by atoms with Crippen LogP contribution in [0.1, 0.15) is 25.3 Å². The SMILES string of the molecule is CC(=O)N1CCC(C(=O)Nc2cccc(OCc3cccnc3)c2)CC1. The predicted octanol–water partition coefficient (Wildman–Crippen LogP) is 2.86. The molecule has 6 nitrogen and oxygen atoms in total. The summed E-state index contributed by atoms with van der Waals surface area (Å²) in [6.07, 6.45) is 4.88. The maximum absolute atomic E-state index is 12.5. The fourth-order valence-electron chi connectivity index (χ4n) is 3.01. The second-order valence-corrected chi connectivity index (χ2v) is 6.45. The number of carbonyl (C=O) groups excluding carboxylic acids is 2. The molecule has 2 heterocycles. The Hall–Kier alpha value is -2.89. The summed E-state index contributed by atoms with van der Waals surface area (Å²) >= 11 is 0. The van der Waals surface area contributed by atoms with Crippen LogP contribution >= 0.6 is 0 Å². The summed E-state index contributed by atoms with van der Waals surface area (Å²) in [7, 11) is 0. The third-order valence-corrected chi connectivity index (χ3v) is 4.54. The minimum absolute atomic E-state index is 0.00221. The number of likely N-dealkylation sites (tertiary alicyclic amines) is 1. The molecule has 3 rings (SSSR count). The number of piperidine rings is 1. The van der Waals surface area contributed by atoms with Crippen LogP contribution in [-0.4, -0.2) is 34.8 Å². The highest BCUT2D eigenvalue weighted by Gasteiger charge is 2.26. The molecule has 0 unspecified atom stereocenters. The maximum Gasteiger partial charge on any atom is 0.227 e. The standard InChI is InChI=1S/C20H23N3O3/c1-15(24)23-10-7-17(8-11-23)20(25)22-18-5-2-6-19(12-18)26-14-16-4-3-9-21-13-16/h2-6,9,12-13,17H,7-8,10-11,14H2,1H3,(H,22,25). The molecular weight excluding hydrogens is 330 g/mol. The maximum atomic E-state index is 12.5. The van der Waals surface area contributed by atoms with E-state index in [9.17, 15) is 9.59 Å². The third kappa shape index (κ3) is 4.81. The van der Waals surface area contributed by atoms with Crippen molar-refractivity contribution >= 4 is 17.5 Å². The van der Waals surface area contributed by atoms with Crippen molar-refractivity contribution in [3.63, 3.8) is 0 Å². The van der Waals surface area contributed by atoms with E-state index in [1.54, 1.807) is 24.2 Å². The number of nitrogens with one attached hydrogen (secondary N) is 1. The van der Waals surface area contributed by atoms with Crippen LogP contribution in [0.5, 0.6) is 5.75 Å². The van der Waals surface area contributed by atoms with Crippen LogP contribution in [0, 0.1) is 5.92 Å². The molecule has 1 N–H and O–H groups in total. The van der Waals surface area contributed by atoms with E-state index < -0.39 is 0 Å². The fourth-order valence-corrected chi connectivity index (χ4v) is 3.01. The van der Waals surface area contributed by atoms with E-state index in [0.717, 1.165) is 5.56 Å². The summed E-state index contributed by atoms with van der Waals surface area (Å²) in [5, 5.41) is 2.96. The minimum Gasteiger partial charge on any atom is -0.489 e. The van der Waals surface area contributed by atoms with Gasteiger partial charge in [-0.15, -0.1) is 0 Å². The number of hydrogen-bond donors (Lipinski definition) is 1. The van der Waals surface area contributed by atoms with Gasteiger partial charge < -0.3 is 15.0 Å². The first-order chi connectivity index (χ1) is 12.6. The van der Waals surface area contributed by atoms with Crippen molar-refractivity contribution in [3.8, 4) is 5.75 Å². The zero-order chi connectivity index (χ0) is 18.4. The molecule has 136 valence electrons. The van der Waals surface area contributed by atoms with Gasteiger partial charge in [0.1, 0.15) is 12.4 Å². The molecule has 0 radical (unpaired) electrons. The topological polar surface area (TPSA) is 71.5 Å². The number of aromatic nitrogens is 1. The zero-order valence-corrected chi connectivity index (χ0v) is 14.9. The van der Waals surface area contributed by atoms with Crippen LogP contribution in [0.3, 0.4) is 0 Å². The number of pyridine rings is 1. The summed E-state index contributed by atoms with van der Waals surface area (Å²) in [4.78, 5) is 29.7. The Labute approximate surface area is 153 Å². The van der Waals surface area contributed by atoms with Gasteiger partial charge in [-0.2, -0.15) is 0 Å². The van der Waals surface area contributed by atoms with E-state index in [0.29, 0.717) is 44.0 Å². The average molecular weight is 353 g/mol. The smallest absolute Gasteiger partial charge is 0.227 e. The van der Waals surface area contributed by atoms with Gasteiger partial charge in [0.05, 0.1) is 0 Å². The average Bonchev–Trinajstić information content (AvgIpc) is 2.67. The number of rotatable bonds is 5. The molecule has 2 amide bonds. The Bertz CT molecular complexity index is 756. The molecule has 1 aliphatic rings. The summed E-state index contributed by atoms with van der Waals surface area (Å²) in [5.74, 6) is 0.698. The fraction of sp³-hybridized carbons (Fsp3) is 0.350. The molecule has 0 spiro atoms. The van der Waals surface area contributed by atoms with Gasteiger partial charge in [0.25, 0.3) is 0 Å². The number of nitrogens with zero attached hydrogens (tertiary/aromatic N) is 2. The summed E-state index contributed by atoms with van der Waals surface area (Å²) in [5.41, 5.74) is 1.70. The van der Waals surface area contributed by atoms with Crippen LogP contribution in [0.15, 0.2) is 48.8 Å². The molecule has 1 aromatic carbocycles. The number of amides is 2. The zero-order valence-electron chi connectivity index (χ0n) is 14.9. The van der Waals surface area contributed by atoms with E-state index in [1.807, 2.05) is 36.4 Å². The molecule has 0 aliphatic carbocycles. The van der Waals surface area contributed by atoms with Crippen LogP contribution in [-0.2, 0) is 16.2 Å². The largest absolute Gasteiger partial charge is 0.489 e. The first-order valence-corrected chi connectivity index (χ1v) is 8.80. The molecule has 1 saturated heterocycles. The van der Waals surface area contributed by atoms with Gasteiger partial charge >= 0.3 is 0 Å². The quantitative estimate of drug-likeness (QED) is 0.897. The van der Waals surface area contributed by atoms with E-state index >= 15 is 0 Å². The number of anilines is 1. The van der Waals surface area contributed by atoms with Crippen molar-refractivity contribution < 1.29 is 14.3 Å². The lowest BCUT2D eigenvalue weighted by Crippen LogP contribution is -2.40. The van der Waals surface area contributed by atoms with E-state index in [1.165, 1.54) is 0 Å². The van der Waals surface area contributed by atoms with Gasteiger partial charge in [-0.1, -0.05) is 12.1 Å². The van der Waals surface area contributed by atoms with Crippen molar-refractivity contribution in [2.75, 3.05) is 18.4 Å². The first-order valence-electron chi connectivity index (χ1n) is 8.80. The van der Waals surface area contributed by atoms with E-state index in [2.05, 4.69) is 10.3 Å². The Kier molecular flexibility index (Phi) is 5.84. The van der Waals surface area contributed by atoms with Crippen LogP contribution in [0.25, 0.3) is 0 Å². The van der Waals surface area contributed by atoms with E-state index in [-0.39, 0.29) is 17.7 Å². The Morgan fingerprint density at radius 3 is 2.73 bits per heavy atom. The minimum atomic E-state index is -0.0643. The van der Waals surface area contributed by atoms with Gasteiger partial charge in [0.15, 0.2) is 0 Å². The lowest BCUT2D eigenvalue weighted by Gasteiger charge is -2.30. The number of ether oxygens (including phenoxy) is 1. The molecule has 0 bridgehead atoms. The van der Waals surface area contributed by atoms with Crippen molar-refractivity contribution in [1.82, 2.24) is 9.88 Å². The van der Waals surface area contributed by atoms with Crippen molar-refractivity contribution in [1.29, 1.82) is 0 Å². The molecule has 2 aromatic rings. The number of benzene rings is 1. The molecule has 1 fully saturated rings. The van der Waals surface area contributed by atoms with Crippen molar-refractivity contribution in [3.05, 3.63) is 54.4 Å². The monoisotopic (exact) mass is 353 g/mol. The van der Waals surface area contributed by atoms with Gasteiger partial charge in [-0.05, 0) is 31.0 Å². The molecule has 26 heavy (non-hydrogen) atoms. The van der Waals surface area contributed by atoms with Crippen LogP contribution in [0.4, 0.5) is 5.69 Å². The van der Waals surface area contributed by atoms with Gasteiger partial charge in [-0.3, -0.25) is 14.6 Å². The van der Waals surface area contributed by atoms with Crippen LogP contribution < -0.4 is 10.1 Å². The molecule has 0 saturated carbocycles. The lowest BCUT2D eigenvalue weighted by molar-refractivity contribution is -0.132. The first kappa shape index (κ1) is 17.9. The van der Waals surface area contributed by atoms with E-state index in [4.69, 9.17) is 4.74 Å². The Balaban J connectivity index is 1.53. The van der Waals surface area contributed by atoms with Gasteiger partial charge in [-0.25, -0.2) is 0 Å². The predicted molar refractivity (Wildman–Crippen MR) is 98.6 cm³/mol.